The third-order valence-corrected chi connectivity index (χ3v) is 2.27. The number of hydrogen-bond acceptors (Lipinski definition) is 1. The van der Waals surface area contributed by atoms with E-state index in [-0.39, 0.29) is 12.8 Å². The zero-order valence-corrected chi connectivity index (χ0v) is 9.89. The molecule has 0 aliphatic carbocycles. The lowest BCUT2D eigenvalue weighted by molar-refractivity contribution is -0.430. The van der Waals surface area contributed by atoms with Crippen molar-refractivity contribution in [3.63, 3.8) is 0 Å². The fourth-order valence-electron chi connectivity index (χ4n) is 1.05. The summed E-state index contributed by atoms with van der Waals surface area (Å²) in [5, 5.41) is 0. The van der Waals surface area contributed by atoms with E-state index in [2.05, 4.69) is 4.74 Å². The predicted octanol–water partition coefficient (Wildman–Crippen LogP) is 4.57. The molecule has 20 heavy (non-hydrogen) atoms. The van der Waals surface area contributed by atoms with Crippen LogP contribution in [0, 0.1) is 0 Å². The molecule has 0 heterocycles. The normalized spacial score (nSPS) is 17.4. The first kappa shape index (κ1) is 19.3. The van der Waals surface area contributed by atoms with Gasteiger partial charge in [-0.15, -0.1) is 0 Å². The minimum Gasteiger partial charge on any atom is -0.337 e. The molecule has 0 rings (SSSR count). The van der Waals surface area contributed by atoms with Gasteiger partial charge in [0, 0.05) is 0 Å². The van der Waals surface area contributed by atoms with Crippen LogP contribution in [0.15, 0.2) is 0 Å². The highest BCUT2D eigenvalue weighted by atomic mass is 19.4. The van der Waals surface area contributed by atoms with Gasteiger partial charge in [0.2, 0.25) is 0 Å². The second-order valence-corrected chi connectivity index (χ2v) is 3.79. The van der Waals surface area contributed by atoms with E-state index in [1.54, 1.807) is 0 Å². The molecule has 0 saturated heterocycles. The van der Waals surface area contributed by atoms with Crippen LogP contribution in [0.1, 0.15) is 19.8 Å². The van der Waals surface area contributed by atoms with Gasteiger partial charge < -0.3 is 4.74 Å². The SMILES string of the molecule is CCCCOC(F)(C(F)F)C(F)(F)C(F)(F)C(F)(F)F. The molecule has 1 atom stereocenters. The van der Waals surface area contributed by atoms with E-state index in [9.17, 15) is 43.9 Å². The van der Waals surface area contributed by atoms with Gasteiger partial charge in [-0.2, -0.15) is 35.1 Å². The molecule has 0 bridgehead atoms. The van der Waals surface area contributed by atoms with Crippen LogP contribution in [0.3, 0.4) is 0 Å². The quantitative estimate of drug-likeness (QED) is 0.492. The van der Waals surface area contributed by atoms with Gasteiger partial charge in [0.15, 0.2) is 0 Å². The lowest BCUT2D eigenvalue weighted by Crippen LogP contribution is -2.66. The van der Waals surface area contributed by atoms with Crippen molar-refractivity contribution in [2.24, 2.45) is 0 Å². The summed E-state index contributed by atoms with van der Waals surface area (Å²) in [6.07, 6.45) is -12.0. The molecule has 1 unspecified atom stereocenters. The van der Waals surface area contributed by atoms with Gasteiger partial charge in [0.25, 0.3) is 0 Å². The Morgan fingerprint density at radius 1 is 0.850 bits per heavy atom. The fraction of sp³-hybridized carbons (Fsp3) is 1.00. The summed E-state index contributed by atoms with van der Waals surface area (Å²) in [5.74, 6) is -19.6. The Kier molecular flexibility index (Phi) is 5.72. The van der Waals surface area contributed by atoms with Crippen molar-refractivity contribution in [3.8, 4) is 0 Å². The van der Waals surface area contributed by atoms with E-state index < -0.39 is 36.9 Å². The van der Waals surface area contributed by atoms with E-state index in [1.165, 1.54) is 6.92 Å². The Morgan fingerprint density at radius 3 is 1.60 bits per heavy atom. The number of ether oxygens (including phenoxy) is 1. The molecule has 0 amide bonds. The number of rotatable bonds is 7. The van der Waals surface area contributed by atoms with Crippen LogP contribution in [0.5, 0.6) is 0 Å². The smallest absolute Gasteiger partial charge is 0.337 e. The minimum atomic E-state index is -7.02. The van der Waals surface area contributed by atoms with Crippen molar-refractivity contribution >= 4 is 0 Å². The van der Waals surface area contributed by atoms with Gasteiger partial charge in [-0.05, 0) is 6.42 Å². The van der Waals surface area contributed by atoms with E-state index in [0.29, 0.717) is 0 Å². The van der Waals surface area contributed by atoms with Gasteiger partial charge in [0.05, 0.1) is 6.61 Å². The third-order valence-electron chi connectivity index (χ3n) is 2.27. The summed E-state index contributed by atoms with van der Waals surface area (Å²) in [5.41, 5.74) is 0. The largest absolute Gasteiger partial charge is 0.460 e. The first-order valence-electron chi connectivity index (χ1n) is 5.19. The summed E-state index contributed by atoms with van der Waals surface area (Å²) in [7, 11) is 0. The van der Waals surface area contributed by atoms with E-state index >= 15 is 0 Å². The summed E-state index contributed by atoms with van der Waals surface area (Å²) >= 11 is 0. The number of unbranched alkanes of at least 4 members (excludes halogenated alkanes) is 1. The summed E-state index contributed by atoms with van der Waals surface area (Å²) < 4.78 is 128. The highest BCUT2D eigenvalue weighted by Gasteiger charge is 2.83. The summed E-state index contributed by atoms with van der Waals surface area (Å²) in [6, 6.07) is 0. The van der Waals surface area contributed by atoms with Crippen LogP contribution in [0.2, 0.25) is 0 Å². The minimum absolute atomic E-state index is 0.126. The average Bonchev–Trinajstić information content (AvgIpc) is 2.26. The molecule has 0 aromatic carbocycles. The second-order valence-electron chi connectivity index (χ2n) is 3.79. The lowest BCUT2D eigenvalue weighted by Gasteiger charge is -2.37. The van der Waals surface area contributed by atoms with Crippen LogP contribution < -0.4 is 0 Å². The van der Waals surface area contributed by atoms with Crippen LogP contribution in [-0.2, 0) is 4.74 Å². The van der Waals surface area contributed by atoms with E-state index in [0.717, 1.165) is 0 Å². The molecule has 122 valence electrons. The van der Waals surface area contributed by atoms with Crippen LogP contribution in [-0.4, -0.2) is 36.9 Å². The maximum absolute atomic E-state index is 13.3. The first-order chi connectivity index (χ1) is 8.75. The van der Waals surface area contributed by atoms with Gasteiger partial charge in [-0.3, -0.25) is 0 Å². The standard InChI is InChI=1S/C9H10F10O/c1-2-3-4-20-6(12,5(10)11)7(13,14)8(15,16)9(17,18)19/h5H,2-4H2,1H3. The topological polar surface area (TPSA) is 9.23 Å². The summed E-state index contributed by atoms with van der Waals surface area (Å²) in [6.45, 7) is 0.231. The van der Waals surface area contributed by atoms with Crippen LogP contribution in [0.4, 0.5) is 43.9 Å². The molecule has 0 aromatic heterocycles. The van der Waals surface area contributed by atoms with Crippen molar-refractivity contribution in [1.82, 2.24) is 0 Å². The van der Waals surface area contributed by atoms with Gasteiger partial charge in [0.1, 0.15) is 0 Å². The van der Waals surface area contributed by atoms with Crippen molar-refractivity contribution in [1.29, 1.82) is 0 Å². The molecule has 0 N–H and O–H groups in total. The van der Waals surface area contributed by atoms with E-state index in [4.69, 9.17) is 0 Å². The van der Waals surface area contributed by atoms with Gasteiger partial charge in [-0.1, -0.05) is 13.3 Å². The van der Waals surface area contributed by atoms with Crippen LogP contribution in [0.25, 0.3) is 0 Å². The molecule has 0 spiro atoms. The molecule has 0 aromatic rings. The molecular weight excluding hydrogens is 314 g/mol. The van der Waals surface area contributed by atoms with Crippen molar-refractivity contribution in [3.05, 3.63) is 0 Å². The molecule has 1 nitrogen and oxygen atoms in total. The Morgan fingerprint density at radius 2 is 1.30 bits per heavy atom. The molecule has 0 fully saturated rings. The maximum atomic E-state index is 13.3. The second kappa shape index (κ2) is 5.94. The Labute approximate surface area is 106 Å². The molecule has 0 aliphatic heterocycles. The predicted molar refractivity (Wildman–Crippen MR) is 46.7 cm³/mol. The molecule has 0 aliphatic rings. The zero-order chi connectivity index (χ0) is 16.4. The monoisotopic (exact) mass is 324 g/mol. The highest BCUT2D eigenvalue weighted by molar-refractivity contribution is 5.02. The molecule has 0 radical (unpaired) electrons. The van der Waals surface area contributed by atoms with Gasteiger partial charge >= 0.3 is 30.3 Å². The van der Waals surface area contributed by atoms with Gasteiger partial charge in [-0.25, -0.2) is 8.78 Å². The average molecular weight is 324 g/mol. The van der Waals surface area contributed by atoms with E-state index in [1.807, 2.05) is 0 Å². The summed E-state index contributed by atoms with van der Waals surface area (Å²) in [4.78, 5) is 0. The number of halogens is 10. The number of alkyl halides is 10. The fourth-order valence-corrected chi connectivity index (χ4v) is 1.05. The third kappa shape index (κ3) is 3.12. The number of hydrogen-bond donors (Lipinski definition) is 0. The Bertz CT molecular complexity index is 312. The van der Waals surface area contributed by atoms with Crippen molar-refractivity contribution in [2.75, 3.05) is 6.61 Å². The molecular formula is C9H10F10O. The zero-order valence-electron chi connectivity index (χ0n) is 9.89. The van der Waals surface area contributed by atoms with Crippen molar-refractivity contribution in [2.45, 2.75) is 50.1 Å². The van der Waals surface area contributed by atoms with Crippen molar-refractivity contribution < 1.29 is 48.6 Å². The molecule has 0 saturated carbocycles. The molecule has 11 heteroatoms. The lowest BCUT2D eigenvalue weighted by atomic mass is 10.0. The Balaban J connectivity index is 5.56. The van der Waals surface area contributed by atoms with Crippen LogP contribution >= 0.6 is 0 Å². The highest BCUT2D eigenvalue weighted by Crippen LogP contribution is 2.54. The first-order valence-corrected chi connectivity index (χ1v) is 5.19. The Hall–Kier alpha value is -0.740. The maximum Gasteiger partial charge on any atom is 0.460 e.